The number of nitrogens with zero attached hydrogens (tertiary/aromatic N) is 2. The zero-order chi connectivity index (χ0) is 18.0. The van der Waals surface area contributed by atoms with E-state index in [1.165, 1.54) is 11.3 Å². The van der Waals surface area contributed by atoms with Gasteiger partial charge in [0.15, 0.2) is 16.0 Å². The lowest BCUT2D eigenvalue weighted by molar-refractivity contribution is -0.141. The van der Waals surface area contributed by atoms with E-state index in [2.05, 4.69) is 20.3 Å². The maximum atomic E-state index is 12.6. The van der Waals surface area contributed by atoms with Crippen LogP contribution >= 0.6 is 23.1 Å². The van der Waals surface area contributed by atoms with Crippen LogP contribution in [-0.4, -0.2) is 26.6 Å². The van der Waals surface area contributed by atoms with Crippen molar-refractivity contribution >= 4 is 44.4 Å². The molecule has 2 aromatic heterocycles. The Morgan fingerprint density at radius 1 is 1.28 bits per heavy atom. The predicted octanol–water partition coefficient (Wildman–Crippen LogP) is 3.13. The molecule has 1 aromatic carbocycles. The molecule has 0 spiro atoms. The average Bonchev–Trinajstić information content (AvgIpc) is 2.93. The van der Waals surface area contributed by atoms with E-state index in [4.69, 9.17) is 0 Å². The minimum Gasteiger partial charge on any atom is -0.301 e. The maximum Gasteiger partial charge on any atom is 0.433 e. The number of carbonyl (C=O) groups is 1. The van der Waals surface area contributed by atoms with E-state index in [0.717, 1.165) is 10.2 Å². The van der Waals surface area contributed by atoms with Gasteiger partial charge in [-0.15, -0.1) is 0 Å². The summed E-state index contributed by atoms with van der Waals surface area (Å²) in [7, 11) is 0. The van der Waals surface area contributed by atoms with Crippen molar-refractivity contribution < 1.29 is 18.0 Å². The van der Waals surface area contributed by atoms with Crippen LogP contribution in [0, 0.1) is 0 Å². The van der Waals surface area contributed by atoms with Crippen molar-refractivity contribution in [2.45, 2.75) is 11.3 Å². The Morgan fingerprint density at radius 2 is 2.04 bits per heavy atom. The summed E-state index contributed by atoms with van der Waals surface area (Å²) in [6.07, 6.45) is -4.73. The lowest BCUT2D eigenvalue weighted by Gasteiger charge is -2.06. The zero-order valence-electron chi connectivity index (χ0n) is 12.3. The molecule has 0 bridgehead atoms. The summed E-state index contributed by atoms with van der Waals surface area (Å²) >= 11 is 1.98. The first kappa shape index (κ1) is 17.4. The van der Waals surface area contributed by atoms with E-state index in [1.54, 1.807) is 6.07 Å². The number of para-hydroxylation sites is 1. The van der Waals surface area contributed by atoms with Gasteiger partial charge in [-0.05, 0) is 12.1 Å². The molecule has 0 radical (unpaired) electrons. The molecule has 130 valence electrons. The molecule has 2 N–H and O–H groups in total. The second-order valence-corrected chi connectivity index (χ2v) is 6.75. The molecule has 0 fully saturated rings. The van der Waals surface area contributed by atoms with Crippen LogP contribution in [0.1, 0.15) is 5.69 Å². The number of thiazole rings is 1. The number of rotatable bonds is 4. The van der Waals surface area contributed by atoms with Crippen LogP contribution in [0.3, 0.4) is 0 Å². The first-order valence-electron chi connectivity index (χ1n) is 6.78. The number of anilines is 1. The number of aromatic amines is 1. The minimum absolute atomic E-state index is 0.222. The number of halogens is 3. The molecule has 0 unspecified atom stereocenters. The fourth-order valence-corrected chi connectivity index (χ4v) is 3.42. The summed E-state index contributed by atoms with van der Waals surface area (Å²) in [6.45, 7) is 0. The van der Waals surface area contributed by atoms with Gasteiger partial charge < -0.3 is 10.3 Å². The number of benzene rings is 1. The van der Waals surface area contributed by atoms with Crippen LogP contribution in [0.15, 0.2) is 40.3 Å². The Labute approximate surface area is 146 Å². The van der Waals surface area contributed by atoms with E-state index in [0.29, 0.717) is 23.0 Å². The molecule has 0 saturated heterocycles. The molecular formula is C14H9F3N4O2S2. The van der Waals surface area contributed by atoms with Crippen LogP contribution in [0.2, 0.25) is 0 Å². The smallest absolute Gasteiger partial charge is 0.301 e. The van der Waals surface area contributed by atoms with Gasteiger partial charge in [-0.25, -0.2) is 9.97 Å². The zero-order valence-corrected chi connectivity index (χ0v) is 13.9. The van der Waals surface area contributed by atoms with Gasteiger partial charge >= 0.3 is 6.18 Å². The largest absolute Gasteiger partial charge is 0.433 e. The van der Waals surface area contributed by atoms with Gasteiger partial charge in [-0.3, -0.25) is 9.59 Å². The quantitative estimate of drug-likeness (QED) is 0.531. The molecule has 25 heavy (non-hydrogen) atoms. The summed E-state index contributed by atoms with van der Waals surface area (Å²) in [4.78, 5) is 32.9. The third-order valence-corrected chi connectivity index (χ3v) is 4.72. The number of carbonyl (C=O) groups excluding carboxylic acids is 1. The van der Waals surface area contributed by atoms with Crippen molar-refractivity contribution in [3.05, 3.63) is 46.4 Å². The molecule has 1 amide bonds. The normalized spacial score (nSPS) is 11.6. The van der Waals surface area contributed by atoms with Crippen molar-refractivity contribution in [1.29, 1.82) is 0 Å². The number of amides is 1. The average molecular weight is 386 g/mol. The van der Waals surface area contributed by atoms with Crippen LogP contribution in [0.25, 0.3) is 10.2 Å². The third-order valence-electron chi connectivity index (χ3n) is 2.89. The monoisotopic (exact) mass is 386 g/mol. The van der Waals surface area contributed by atoms with E-state index in [1.807, 2.05) is 18.2 Å². The number of H-pyrrole nitrogens is 1. The summed E-state index contributed by atoms with van der Waals surface area (Å²) in [5.74, 6) is -0.690. The fraction of sp³-hybridized carbons (Fsp3) is 0.143. The molecule has 0 aliphatic rings. The van der Waals surface area contributed by atoms with Gasteiger partial charge in [0.2, 0.25) is 5.91 Å². The Morgan fingerprint density at radius 3 is 2.76 bits per heavy atom. The molecule has 0 saturated carbocycles. The first-order valence-corrected chi connectivity index (χ1v) is 8.58. The Balaban J connectivity index is 1.66. The topological polar surface area (TPSA) is 87.7 Å². The molecule has 2 heterocycles. The third kappa shape index (κ3) is 4.37. The summed E-state index contributed by atoms with van der Waals surface area (Å²) in [5, 5.41) is 2.67. The van der Waals surface area contributed by atoms with Crippen molar-refractivity contribution in [3.8, 4) is 0 Å². The maximum absolute atomic E-state index is 12.6. The molecular weight excluding hydrogens is 377 g/mol. The van der Waals surface area contributed by atoms with Gasteiger partial charge in [0.1, 0.15) is 0 Å². The van der Waals surface area contributed by atoms with Gasteiger partial charge in [0, 0.05) is 6.07 Å². The van der Waals surface area contributed by atoms with Gasteiger partial charge in [-0.2, -0.15) is 13.2 Å². The Kier molecular flexibility index (Phi) is 4.77. The molecule has 11 heteroatoms. The van der Waals surface area contributed by atoms with E-state index in [-0.39, 0.29) is 10.9 Å². The highest BCUT2D eigenvalue weighted by atomic mass is 32.2. The molecule has 0 aliphatic carbocycles. The second-order valence-electron chi connectivity index (χ2n) is 4.76. The number of thioether (sulfide) groups is 1. The van der Waals surface area contributed by atoms with Crippen molar-refractivity contribution in [3.63, 3.8) is 0 Å². The van der Waals surface area contributed by atoms with Crippen LogP contribution in [0.4, 0.5) is 18.3 Å². The van der Waals surface area contributed by atoms with Crippen molar-refractivity contribution in [2.75, 3.05) is 11.1 Å². The number of hydrogen-bond donors (Lipinski definition) is 2. The lowest BCUT2D eigenvalue weighted by atomic mass is 10.3. The van der Waals surface area contributed by atoms with Crippen LogP contribution in [0.5, 0.6) is 0 Å². The fourth-order valence-electron chi connectivity index (χ4n) is 1.86. The first-order chi connectivity index (χ1) is 11.8. The van der Waals surface area contributed by atoms with Crippen molar-refractivity contribution in [1.82, 2.24) is 15.0 Å². The number of alkyl halides is 3. The van der Waals surface area contributed by atoms with Crippen LogP contribution < -0.4 is 10.9 Å². The molecule has 0 aliphatic heterocycles. The van der Waals surface area contributed by atoms with Crippen LogP contribution in [-0.2, 0) is 11.0 Å². The van der Waals surface area contributed by atoms with Gasteiger partial charge in [0.05, 0.1) is 16.0 Å². The SMILES string of the molecule is O=C(CSc1nc(C(F)(F)F)cc(=O)[nH]1)Nc1nc2ccccc2s1. The lowest BCUT2D eigenvalue weighted by Crippen LogP contribution is -2.18. The highest BCUT2D eigenvalue weighted by Crippen LogP contribution is 2.28. The Bertz CT molecular complexity index is 951. The Hall–Kier alpha value is -2.40. The summed E-state index contributed by atoms with van der Waals surface area (Å²) in [5.41, 5.74) is -1.50. The van der Waals surface area contributed by atoms with E-state index in [9.17, 15) is 22.8 Å². The molecule has 3 aromatic rings. The molecule has 0 atom stereocenters. The number of aromatic nitrogens is 3. The van der Waals surface area contributed by atoms with E-state index < -0.39 is 23.3 Å². The van der Waals surface area contributed by atoms with Gasteiger partial charge in [0.25, 0.3) is 5.56 Å². The molecule has 3 rings (SSSR count). The standard InChI is InChI=1S/C14H9F3N4O2S2/c15-14(16,17)9-5-10(22)20-12(19-9)24-6-11(23)21-13-18-7-3-1-2-4-8(7)25-13/h1-5H,6H2,(H,18,21,23)(H,19,20,22). The van der Waals surface area contributed by atoms with E-state index >= 15 is 0 Å². The predicted molar refractivity (Wildman–Crippen MR) is 88.8 cm³/mol. The summed E-state index contributed by atoms with van der Waals surface area (Å²) < 4.78 is 38.8. The number of fused-ring (bicyclic) bond motifs is 1. The second kappa shape index (κ2) is 6.84. The highest BCUT2D eigenvalue weighted by Gasteiger charge is 2.33. The minimum atomic E-state index is -4.73. The summed E-state index contributed by atoms with van der Waals surface area (Å²) in [6, 6.07) is 7.68. The van der Waals surface area contributed by atoms with Crippen molar-refractivity contribution in [2.24, 2.45) is 0 Å². The molecule has 6 nitrogen and oxygen atoms in total. The van der Waals surface area contributed by atoms with Gasteiger partial charge in [-0.1, -0.05) is 35.2 Å². The number of nitrogens with one attached hydrogen (secondary N) is 2. The highest BCUT2D eigenvalue weighted by molar-refractivity contribution is 7.99. The number of hydrogen-bond acceptors (Lipinski definition) is 6.